The smallest absolute Gasteiger partial charge is 0.227 e. The summed E-state index contributed by atoms with van der Waals surface area (Å²) < 4.78 is 19.7. The number of halogens is 2. The third kappa shape index (κ3) is 4.80. The van der Waals surface area contributed by atoms with E-state index in [1.54, 1.807) is 6.07 Å². The molecular formula is C23H17BrFN3O2. The van der Waals surface area contributed by atoms with Crippen molar-refractivity contribution in [3.8, 4) is 22.5 Å². The number of carbonyl (C=O) groups is 1. The van der Waals surface area contributed by atoms with Crippen LogP contribution in [0.25, 0.3) is 22.5 Å². The molecule has 1 heterocycles. The first-order valence-corrected chi connectivity index (χ1v) is 10.1. The first kappa shape index (κ1) is 20.0. The summed E-state index contributed by atoms with van der Waals surface area (Å²) in [6.07, 6.45) is 0.364. The number of nitrogens with one attached hydrogen (secondary N) is 1. The van der Waals surface area contributed by atoms with E-state index in [9.17, 15) is 9.18 Å². The van der Waals surface area contributed by atoms with Gasteiger partial charge in [0.25, 0.3) is 0 Å². The van der Waals surface area contributed by atoms with Crippen LogP contribution >= 0.6 is 15.9 Å². The van der Waals surface area contributed by atoms with Crippen molar-refractivity contribution < 1.29 is 13.7 Å². The maximum Gasteiger partial charge on any atom is 0.227 e. The van der Waals surface area contributed by atoms with Gasteiger partial charge in [-0.05, 0) is 29.3 Å². The van der Waals surface area contributed by atoms with Gasteiger partial charge in [0.05, 0.1) is 5.69 Å². The molecule has 5 nitrogen and oxygen atoms in total. The normalized spacial score (nSPS) is 10.7. The van der Waals surface area contributed by atoms with Crippen LogP contribution in [0.2, 0.25) is 0 Å². The molecule has 1 aromatic heterocycles. The predicted octanol–water partition coefficient (Wildman–Crippen LogP) is 5.88. The second-order valence-corrected chi connectivity index (χ2v) is 7.54. The molecule has 0 saturated heterocycles. The van der Waals surface area contributed by atoms with Crippen molar-refractivity contribution in [2.24, 2.45) is 0 Å². The maximum absolute atomic E-state index is 13.8. The van der Waals surface area contributed by atoms with Gasteiger partial charge in [-0.1, -0.05) is 75.7 Å². The largest absolute Gasteiger partial charge is 0.339 e. The van der Waals surface area contributed by atoms with Crippen LogP contribution in [0, 0.1) is 5.82 Å². The molecule has 0 aliphatic carbocycles. The minimum atomic E-state index is -0.503. The van der Waals surface area contributed by atoms with E-state index < -0.39 is 5.82 Å². The van der Waals surface area contributed by atoms with Crippen molar-refractivity contribution in [2.45, 2.75) is 12.8 Å². The van der Waals surface area contributed by atoms with E-state index >= 15 is 0 Å². The van der Waals surface area contributed by atoms with Crippen LogP contribution in [0.4, 0.5) is 10.1 Å². The topological polar surface area (TPSA) is 68.0 Å². The molecular weight excluding hydrogens is 449 g/mol. The Labute approximate surface area is 181 Å². The van der Waals surface area contributed by atoms with Gasteiger partial charge in [-0.15, -0.1) is 0 Å². The summed E-state index contributed by atoms with van der Waals surface area (Å²) in [7, 11) is 0. The number of benzene rings is 3. The molecule has 0 fully saturated rings. The minimum Gasteiger partial charge on any atom is -0.339 e. The number of aromatic nitrogens is 2. The molecule has 0 bridgehead atoms. The number of anilines is 1. The molecule has 0 unspecified atom stereocenters. The van der Waals surface area contributed by atoms with E-state index in [2.05, 4.69) is 31.4 Å². The third-order valence-electron chi connectivity index (χ3n) is 4.49. The first-order chi connectivity index (χ1) is 14.6. The number of nitrogens with zero attached hydrogens (tertiary/aromatic N) is 2. The van der Waals surface area contributed by atoms with Crippen LogP contribution in [-0.4, -0.2) is 16.0 Å². The molecule has 0 atom stereocenters. The van der Waals surface area contributed by atoms with Crippen molar-refractivity contribution in [2.75, 3.05) is 5.32 Å². The lowest BCUT2D eigenvalue weighted by Crippen LogP contribution is -2.13. The van der Waals surface area contributed by atoms with Crippen LogP contribution in [0.3, 0.4) is 0 Å². The Morgan fingerprint density at radius 2 is 1.67 bits per heavy atom. The van der Waals surface area contributed by atoms with Gasteiger partial charge in [0.15, 0.2) is 0 Å². The highest BCUT2D eigenvalue weighted by atomic mass is 79.9. The number of hydrogen-bond acceptors (Lipinski definition) is 4. The number of aryl methyl sites for hydroxylation is 1. The predicted molar refractivity (Wildman–Crippen MR) is 116 cm³/mol. The van der Waals surface area contributed by atoms with Gasteiger partial charge < -0.3 is 9.84 Å². The van der Waals surface area contributed by atoms with Gasteiger partial charge in [-0.25, -0.2) is 4.39 Å². The maximum atomic E-state index is 13.8. The molecule has 150 valence electrons. The average molecular weight is 466 g/mol. The van der Waals surface area contributed by atoms with E-state index in [0.29, 0.717) is 16.2 Å². The molecule has 4 rings (SSSR count). The molecule has 30 heavy (non-hydrogen) atoms. The Hall–Kier alpha value is -3.32. The lowest BCUT2D eigenvalue weighted by Gasteiger charge is -2.05. The number of amides is 1. The molecule has 1 N–H and O–H groups in total. The molecule has 0 saturated carbocycles. The van der Waals surface area contributed by atoms with Gasteiger partial charge in [0.1, 0.15) is 5.82 Å². The summed E-state index contributed by atoms with van der Waals surface area (Å²) in [5.74, 6) is -0.0209. The first-order valence-electron chi connectivity index (χ1n) is 9.32. The van der Waals surface area contributed by atoms with Gasteiger partial charge in [0.2, 0.25) is 17.6 Å². The molecule has 7 heteroatoms. The summed E-state index contributed by atoms with van der Waals surface area (Å²) in [6, 6.07) is 22.4. The minimum absolute atomic E-state index is 0.101. The van der Waals surface area contributed by atoms with E-state index in [1.165, 1.54) is 12.1 Å². The molecule has 0 aliphatic rings. The van der Waals surface area contributed by atoms with Crippen LogP contribution in [-0.2, 0) is 11.2 Å². The van der Waals surface area contributed by atoms with E-state index in [4.69, 9.17) is 4.52 Å². The fourth-order valence-corrected chi connectivity index (χ4v) is 3.27. The van der Waals surface area contributed by atoms with Crippen molar-refractivity contribution in [3.63, 3.8) is 0 Å². The Kier molecular flexibility index (Phi) is 5.99. The SMILES string of the molecule is O=C(CCc1nc(-c2ccc(-c3ccccc3)cc2)no1)Nc1ccc(Br)cc1F. The fourth-order valence-electron chi connectivity index (χ4n) is 2.94. The summed E-state index contributed by atoms with van der Waals surface area (Å²) in [4.78, 5) is 16.4. The summed E-state index contributed by atoms with van der Waals surface area (Å²) in [5, 5.41) is 6.53. The average Bonchev–Trinajstić information content (AvgIpc) is 3.24. The van der Waals surface area contributed by atoms with Gasteiger partial charge in [0, 0.05) is 22.9 Å². The molecule has 0 spiro atoms. The van der Waals surface area contributed by atoms with Gasteiger partial charge in [-0.2, -0.15) is 4.98 Å². The summed E-state index contributed by atoms with van der Waals surface area (Å²) in [5.41, 5.74) is 3.19. The third-order valence-corrected chi connectivity index (χ3v) is 4.98. The van der Waals surface area contributed by atoms with Crippen molar-refractivity contribution >= 4 is 27.5 Å². The lowest BCUT2D eigenvalue weighted by molar-refractivity contribution is -0.116. The molecule has 4 aromatic rings. The van der Waals surface area contributed by atoms with Crippen molar-refractivity contribution in [1.29, 1.82) is 0 Å². The quantitative estimate of drug-likeness (QED) is 0.386. The van der Waals surface area contributed by atoms with Crippen molar-refractivity contribution in [3.05, 3.63) is 89.0 Å². The van der Waals surface area contributed by atoms with E-state index in [0.717, 1.165) is 16.7 Å². The van der Waals surface area contributed by atoms with E-state index in [1.807, 2.05) is 54.6 Å². The highest BCUT2D eigenvalue weighted by Crippen LogP contribution is 2.23. The summed E-state index contributed by atoms with van der Waals surface area (Å²) >= 11 is 3.18. The van der Waals surface area contributed by atoms with Crippen LogP contribution in [0.1, 0.15) is 12.3 Å². The monoisotopic (exact) mass is 465 g/mol. The number of hydrogen-bond donors (Lipinski definition) is 1. The van der Waals surface area contributed by atoms with Gasteiger partial charge >= 0.3 is 0 Å². The van der Waals surface area contributed by atoms with Crippen molar-refractivity contribution in [1.82, 2.24) is 10.1 Å². The van der Waals surface area contributed by atoms with Crippen LogP contribution < -0.4 is 5.32 Å². The number of rotatable bonds is 6. The highest BCUT2D eigenvalue weighted by Gasteiger charge is 2.12. The molecule has 1 amide bonds. The highest BCUT2D eigenvalue weighted by molar-refractivity contribution is 9.10. The second kappa shape index (κ2) is 9.00. The fraction of sp³-hybridized carbons (Fsp3) is 0.0870. The number of carbonyl (C=O) groups excluding carboxylic acids is 1. The van der Waals surface area contributed by atoms with Gasteiger partial charge in [-0.3, -0.25) is 4.79 Å². The second-order valence-electron chi connectivity index (χ2n) is 6.63. The molecule has 3 aromatic carbocycles. The molecule has 0 radical (unpaired) electrons. The van der Waals surface area contributed by atoms with Crippen LogP contribution in [0.15, 0.2) is 81.8 Å². The Balaban J connectivity index is 1.36. The van der Waals surface area contributed by atoms with E-state index in [-0.39, 0.29) is 24.4 Å². The Morgan fingerprint density at radius 1 is 0.967 bits per heavy atom. The Morgan fingerprint density at radius 3 is 2.40 bits per heavy atom. The Bertz CT molecular complexity index is 1160. The zero-order valence-corrected chi connectivity index (χ0v) is 17.4. The van der Waals surface area contributed by atoms with Crippen LogP contribution in [0.5, 0.6) is 0 Å². The molecule has 0 aliphatic heterocycles. The lowest BCUT2D eigenvalue weighted by atomic mass is 10.0. The zero-order chi connectivity index (χ0) is 20.9. The zero-order valence-electron chi connectivity index (χ0n) is 15.8. The summed E-state index contributed by atoms with van der Waals surface area (Å²) in [6.45, 7) is 0. The standard InChI is InChI=1S/C23H17BrFN3O2/c24-18-10-11-20(19(25)14-18)26-21(29)12-13-22-27-23(28-30-22)17-8-6-16(7-9-17)15-4-2-1-3-5-15/h1-11,14H,12-13H2,(H,26,29).